The first-order chi connectivity index (χ1) is 19.3. The Labute approximate surface area is 227 Å². The zero-order chi connectivity index (χ0) is 28.2. The van der Waals surface area contributed by atoms with Crippen LogP contribution in [0.3, 0.4) is 0 Å². The summed E-state index contributed by atoms with van der Waals surface area (Å²) >= 11 is 0. The van der Waals surface area contributed by atoms with Crippen LogP contribution in [0.2, 0.25) is 0 Å². The van der Waals surface area contributed by atoms with Gasteiger partial charge in [-0.05, 0) is 67.6 Å². The first-order valence-corrected chi connectivity index (χ1v) is 12.3. The molecule has 10 heteroatoms. The predicted molar refractivity (Wildman–Crippen MR) is 143 cm³/mol. The van der Waals surface area contributed by atoms with Gasteiger partial charge in [0, 0.05) is 34.8 Å². The molecule has 40 heavy (non-hydrogen) atoms. The van der Waals surface area contributed by atoms with Crippen molar-refractivity contribution in [1.29, 1.82) is 0 Å². The number of nitrogens with one attached hydrogen (secondary N) is 1. The number of nitrogens with zero attached hydrogens (tertiary/aromatic N) is 2. The highest BCUT2D eigenvalue weighted by Gasteiger charge is 2.25. The van der Waals surface area contributed by atoms with Crippen LogP contribution in [-0.4, -0.2) is 33.9 Å². The van der Waals surface area contributed by atoms with Crippen LogP contribution < -0.4 is 19.5 Å². The molecule has 202 valence electrons. The average molecular weight is 545 g/mol. The van der Waals surface area contributed by atoms with Gasteiger partial charge in [-0.1, -0.05) is 6.07 Å². The summed E-state index contributed by atoms with van der Waals surface area (Å²) in [5.41, 5.74) is 1.33. The van der Waals surface area contributed by atoms with Gasteiger partial charge < -0.3 is 19.9 Å². The van der Waals surface area contributed by atoms with Crippen molar-refractivity contribution in [1.82, 2.24) is 4.98 Å². The van der Waals surface area contributed by atoms with Crippen molar-refractivity contribution in [3.63, 3.8) is 0 Å². The number of halogens is 2. The lowest BCUT2D eigenvalue weighted by Crippen LogP contribution is -2.41. The Balaban J connectivity index is 1.38. The molecule has 5 aromatic rings. The third-order valence-corrected chi connectivity index (χ3v) is 6.02. The second-order valence-electron chi connectivity index (χ2n) is 8.89. The Bertz CT molecular complexity index is 1690. The van der Waals surface area contributed by atoms with Crippen LogP contribution in [-0.2, 0) is 0 Å². The van der Waals surface area contributed by atoms with Crippen LogP contribution in [0.15, 0.2) is 91.1 Å². The number of pyridine rings is 2. The summed E-state index contributed by atoms with van der Waals surface area (Å²) in [5, 5.41) is 23.1. The zero-order valence-electron chi connectivity index (χ0n) is 21.2. The van der Waals surface area contributed by atoms with Gasteiger partial charge in [-0.25, -0.2) is 8.78 Å². The topological polar surface area (TPSA) is 105 Å². The summed E-state index contributed by atoms with van der Waals surface area (Å²) in [6, 6.07) is 20.6. The number of aromatic nitrogens is 2. The largest absolute Gasteiger partial charge is 0.487 e. The first kappa shape index (κ1) is 26.5. The molecule has 1 atom stereocenters. The number of benzene rings is 3. The normalized spacial score (nSPS) is 11.7. The van der Waals surface area contributed by atoms with Gasteiger partial charge in [0.25, 0.3) is 5.69 Å². The van der Waals surface area contributed by atoms with Crippen molar-refractivity contribution >= 4 is 22.5 Å². The molecule has 0 unspecified atom stereocenters. The number of rotatable bonds is 8. The summed E-state index contributed by atoms with van der Waals surface area (Å²) in [7, 11) is 0. The number of ether oxygens (including phenoxy) is 2. The Morgan fingerprint density at radius 3 is 2.50 bits per heavy atom. The molecule has 1 amide bonds. The van der Waals surface area contributed by atoms with Crippen molar-refractivity contribution in [2.75, 3.05) is 11.9 Å². The number of anilines is 1. The minimum atomic E-state index is -0.748. The van der Waals surface area contributed by atoms with Gasteiger partial charge in [-0.2, -0.15) is 0 Å². The van der Waals surface area contributed by atoms with E-state index in [1.54, 1.807) is 43.3 Å². The van der Waals surface area contributed by atoms with Crippen molar-refractivity contribution < 1.29 is 38.1 Å². The molecule has 0 aliphatic rings. The minimum absolute atomic E-state index is 0.106. The lowest BCUT2D eigenvalue weighted by atomic mass is 10.1. The van der Waals surface area contributed by atoms with Gasteiger partial charge in [0.1, 0.15) is 23.4 Å². The van der Waals surface area contributed by atoms with Gasteiger partial charge >= 0.3 is 11.6 Å². The molecular formula is C30H24F2N3O5+. The molecule has 2 aromatic heterocycles. The summed E-state index contributed by atoms with van der Waals surface area (Å²) in [4.78, 5) is 17.2. The lowest BCUT2D eigenvalue weighted by Gasteiger charge is -2.16. The highest BCUT2D eigenvalue weighted by atomic mass is 19.1. The molecule has 0 fully saturated rings. The SMILES string of the molecule is C[C@H](CO)Oc1cccc2nccc(Oc3ccc(NC(=O)c4cccc(-c5ccc(F)cc5)[n+]4O)cc3F)c12. The molecule has 3 aromatic carbocycles. The summed E-state index contributed by atoms with van der Waals surface area (Å²) in [5.74, 6) is -1.27. The third-order valence-electron chi connectivity index (χ3n) is 6.02. The molecule has 0 bridgehead atoms. The van der Waals surface area contributed by atoms with E-state index in [1.807, 2.05) is 0 Å². The van der Waals surface area contributed by atoms with Gasteiger partial charge in [-0.3, -0.25) is 15.0 Å². The Hall–Kier alpha value is -5.09. The number of fused-ring (bicyclic) bond motifs is 1. The Kier molecular flexibility index (Phi) is 7.52. The number of hydrogen-bond acceptors (Lipinski definition) is 6. The van der Waals surface area contributed by atoms with E-state index in [0.29, 0.717) is 32.7 Å². The number of carbonyl (C=O) groups is 1. The Morgan fingerprint density at radius 2 is 1.75 bits per heavy atom. The molecule has 0 aliphatic carbocycles. The molecule has 0 aliphatic heterocycles. The average Bonchev–Trinajstić information content (AvgIpc) is 2.95. The molecule has 8 nitrogen and oxygen atoms in total. The van der Waals surface area contributed by atoms with Gasteiger partial charge in [0.15, 0.2) is 11.6 Å². The maximum absolute atomic E-state index is 15.1. The molecule has 0 radical (unpaired) electrons. The molecule has 3 N–H and O–H groups in total. The van der Waals surface area contributed by atoms with E-state index in [-0.39, 0.29) is 29.4 Å². The fraction of sp³-hybridized carbons (Fsp3) is 0.100. The van der Waals surface area contributed by atoms with Crippen LogP contribution in [0, 0.1) is 11.6 Å². The summed E-state index contributed by atoms with van der Waals surface area (Å²) in [6.07, 6.45) is 1.04. The molecule has 0 saturated carbocycles. The summed E-state index contributed by atoms with van der Waals surface area (Å²) < 4.78 is 40.7. The monoisotopic (exact) mass is 544 g/mol. The standard InChI is InChI=1S/C30H23F2N3O5/c1-18(17-36)39-27-7-2-4-23-29(27)28(14-15-33-23)40-26-13-12-21(16-22(26)32)34-30(37)25-6-3-5-24(35(25)38)19-8-10-20(31)11-9-19/h2-16,18,36H,17H2,1H3,(H-,34,37,38)/p+1/t18-/m1/s1. The number of aliphatic hydroxyl groups is 1. The van der Waals surface area contributed by atoms with Crippen LogP contribution in [0.5, 0.6) is 17.2 Å². The van der Waals surface area contributed by atoms with Crippen LogP contribution >= 0.6 is 0 Å². The molecule has 0 spiro atoms. The molecule has 5 rings (SSSR count). The third kappa shape index (κ3) is 5.52. The molecular weight excluding hydrogens is 520 g/mol. The molecule has 0 saturated heterocycles. The zero-order valence-corrected chi connectivity index (χ0v) is 21.2. The molecule has 2 heterocycles. The number of amides is 1. The minimum Gasteiger partial charge on any atom is -0.487 e. The van der Waals surface area contributed by atoms with E-state index in [2.05, 4.69) is 10.3 Å². The number of hydrogen-bond donors (Lipinski definition) is 3. The number of carbonyl (C=O) groups excluding carboxylic acids is 1. The van der Waals surface area contributed by atoms with Gasteiger partial charge in [0.2, 0.25) is 0 Å². The van der Waals surface area contributed by atoms with E-state index < -0.39 is 23.6 Å². The summed E-state index contributed by atoms with van der Waals surface area (Å²) in [6.45, 7) is 1.52. The lowest BCUT2D eigenvalue weighted by molar-refractivity contribution is -0.897. The Morgan fingerprint density at radius 1 is 0.975 bits per heavy atom. The van der Waals surface area contributed by atoms with Crippen LogP contribution in [0.25, 0.3) is 22.2 Å². The van der Waals surface area contributed by atoms with Crippen molar-refractivity contribution in [3.05, 3.63) is 108 Å². The maximum Gasteiger partial charge on any atom is 0.325 e. The van der Waals surface area contributed by atoms with E-state index in [0.717, 1.165) is 6.07 Å². The second kappa shape index (κ2) is 11.3. The number of aliphatic hydroxyl groups excluding tert-OH is 1. The highest BCUT2D eigenvalue weighted by molar-refractivity contribution is 6.02. The van der Waals surface area contributed by atoms with Gasteiger partial charge in [0.05, 0.1) is 23.1 Å². The van der Waals surface area contributed by atoms with Crippen molar-refractivity contribution in [2.24, 2.45) is 0 Å². The highest BCUT2D eigenvalue weighted by Crippen LogP contribution is 2.37. The first-order valence-electron chi connectivity index (χ1n) is 12.3. The van der Waals surface area contributed by atoms with Crippen LogP contribution in [0.1, 0.15) is 17.4 Å². The van der Waals surface area contributed by atoms with Crippen LogP contribution in [0.4, 0.5) is 14.5 Å². The van der Waals surface area contributed by atoms with Crippen molar-refractivity contribution in [3.8, 4) is 28.5 Å². The van der Waals surface area contributed by atoms with E-state index in [1.165, 1.54) is 48.7 Å². The van der Waals surface area contributed by atoms with Crippen molar-refractivity contribution in [2.45, 2.75) is 13.0 Å². The quantitative estimate of drug-likeness (QED) is 0.176. The maximum atomic E-state index is 15.1. The smallest absolute Gasteiger partial charge is 0.325 e. The predicted octanol–water partition coefficient (Wildman–Crippen LogP) is 5.51. The van der Waals surface area contributed by atoms with E-state index >= 15 is 4.39 Å². The van der Waals surface area contributed by atoms with E-state index in [9.17, 15) is 19.5 Å². The van der Waals surface area contributed by atoms with Gasteiger partial charge in [-0.15, -0.1) is 0 Å². The second-order valence-corrected chi connectivity index (χ2v) is 8.89. The fourth-order valence-electron chi connectivity index (χ4n) is 4.07. The fourth-order valence-corrected chi connectivity index (χ4v) is 4.07. The van der Waals surface area contributed by atoms with E-state index in [4.69, 9.17) is 9.47 Å².